The Morgan fingerprint density at radius 3 is 2.69 bits per heavy atom. The third-order valence-corrected chi connectivity index (χ3v) is 3.36. The van der Waals surface area contributed by atoms with Crippen molar-refractivity contribution in [1.82, 2.24) is 4.90 Å². The smallest absolute Gasteiger partial charge is 0.155 e. The molecule has 0 spiro atoms. The molecule has 0 fully saturated rings. The van der Waals surface area contributed by atoms with E-state index in [0.29, 0.717) is 0 Å². The van der Waals surface area contributed by atoms with Gasteiger partial charge in [-0.1, -0.05) is 13.8 Å². The van der Waals surface area contributed by atoms with Crippen molar-refractivity contribution in [3.8, 4) is 0 Å². The van der Waals surface area contributed by atoms with Crippen molar-refractivity contribution < 1.29 is 4.58 Å². The van der Waals surface area contributed by atoms with Crippen LogP contribution in [0.1, 0.15) is 27.2 Å². The molecule has 0 aromatic rings. The molecule has 1 rings (SSSR count). The van der Waals surface area contributed by atoms with Crippen LogP contribution in [0.2, 0.25) is 0 Å². The van der Waals surface area contributed by atoms with Crippen LogP contribution in [0.25, 0.3) is 0 Å². The lowest BCUT2D eigenvalue weighted by atomic mass is 10.0. The van der Waals surface area contributed by atoms with Gasteiger partial charge in [0.2, 0.25) is 0 Å². The summed E-state index contributed by atoms with van der Waals surface area (Å²) in [5.41, 5.74) is 1.57. The van der Waals surface area contributed by atoms with E-state index >= 15 is 0 Å². The van der Waals surface area contributed by atoms with E-state index < -0.39 is 0 Å². The number of hydrogen-bond donors (Lipinski definition) is 0. The van der Waals surface area contributed by atoms with Gasteiger partial charge in [0.25, 0.3) is 0 Å². The Morgan fingerprint density at radius 1 is 1.46 bits per heavy atom. The molecule has 1 aliphatic heterocycles. The molecule has 0 aromatic heterocycles. The highest BCUT2D eigenvalue weighted by Crippen LogP contribution is 2.10. The molecule has 1 atom stereocenters. The fraction of sp³-hybridized carbons (Fsp3) is 0.909. The van der Waals surface area contributed by atoms with E-state index in [9.17, 15) is 0 Å². The second-order valence-corrected chi connectivity index (χ2v) is 4.06. The number of likely N-dealkylation sites (N-methyl/N-ethyl adjacent to an activating group) is 2. The molecule has 0 radical (unpaired) electrons. The fourth-order valence-electron chi connectivity index (χ4n) is 2.03. The van der Waals surface area contributed by atoms with Crippen LogP contribution in [0, 0.1) is 5.92 Å². The van der Waals surface area contributed by atoms with Gasteiger partial charge in [-0.3, -0.25) is 4.90 Å². The minimum atomic E-state index is 0.771. The lowest BCUT2D eigenvalue weighted by Crippen LogP contribution is -2.31. The van der Waals surface area contributed by atoms with Crippen LogP contribution in [-0.2, 0) is 0 Å². The lowest BCUT2D eigenvalue weighted by Gasteiger charge is -2.19. The van der Waals surface area contributed by atoms with Crippen LogP contribution in [0.15, 0.2) is 0 Å². The van der Waals surface area contributed by atoms with Crippen molar-refractivity contribution in [2.24, 2.45) is 5.92 Å². The average molecular weight is 183 g/mol. The largest absolute Gasteiger partial charge is 0.297 e. The van der Waals surface area contributed by atoms with Crippen molar-refractivity contribution in [3.63, 3.8) is 0 Å². The Morgan fingerprint density at radius 2 is 2.15 bits per heavy atom. The molecular weight excluding hydrogens is 160 g/mol. The van der Waals surface area contributed by atoms with Crippen LogP contribution in [0.4, 0.5) is 0 Å². The normalized spacial score (nSPS) is 26.3. The molecule has 0 aliphatic carbocycles. The molecule has 0 saturated heterocycles. The van der Waals surface area contributed by atoms with Gasteiger partial charge in [0.15, 0.2) is 12.3 Å². The first kappa shape index (κ1) is 10.7. The standard InChI is InChI=1S/C11H23N2/c1-5-11-9-13(6-2)8-7-12(4)10(11)3/h11H,5-9H2,1-4H3/q+1. The average Bonchev–Trinajstić information content (AvgIpc) is 2.29. The quantitative estimate of drug-likeness (QED) is 0.587. The number of nitrogens with zero attached hydrogens (tertiary/aromatic N) is 2. The number of hydrogen-bond acceptors (Lipinski definition) is 1. The zero-order valence-electron chi connectivity index (χ0n) is 9.51. The first-order valence-electron chi connectivity index (χ1n) is 5.46. The zero-order chi connectivity index (χ0) is 9.84. The molecule has 2 nitrogen and oxygen atoms in total. The molecule has 1 aliphatic rings. The van der Waals surface area contributed by atoms with E-state index in [2.05, 4.69) is 37.3 Å². The van der Waals surface area contributed by atoms with Gasteiger partial charge in [0.1, 0.15) is 7.05 Å². The molecule has 1 heterocycles. The molecule has 0 amide bonds. The van der Waals surface area contributed by atoms with Crippen molar-refractivity contribution in [3.05, 3.63) is 0 Å². The maximum Gasteiger partial charge on any atom is 0.155 e. The van der Waals surface area contributed by atoms with E-state index in [4.69, 9.17) is 0 Å². The minimum Gasteiger partial charge on any atom is -0.297 e. The Kier molecular flexibility index (Phi) is 3.91. The third-order valence-electron chi connectivity index (χ3n) is 3.36. The maximum absolute atomic E-state index is 2.56. The summed E-state index contributed by atoms with van der Waals surface area (Å²) in [6.07, 6.45) is 1.27. The summed E-state index contributed by atoms with van der Waals surface area (Å²) in [5.74, 6) is 0.771. The van der Waals surface area contributed by atoms with Crippen LogP contribution in [-0.4, -0.2) is 48.4 Å². The maximum atomic E-state index is 2.56. The molecule has 0 N–H and O–H groups in total. The van der Waals surface area contributed by atoms with Crippen molar-refractivity contribution in [1.29, 1.82) is 0 Å². The zero-order valence-corrected chi connectivity index (χ0v) is 9.51. The molecule has 1 unspecified atom stereocenters. The van der Waals surface area contributed by atoms with Crippen LogP contribution >= 0.6 is 0 Å². The van der Waals surface area contributed by atoms with Crippen LogP contribution < -0.4 is 0 Å². The van der Waals surface area contributed by atoms with E-state index in [0.717, 1.165) is 5.92 Å². The Labute approximate surface area is 82.2 Å². The van der Waals surface area contributed by atoms with Gasteiger partial charge in [-0.25, -0.2) is 4.58 Å². The molecular formula is C11H23N2+. The Bertz CT molecular complexity index is 196. The predicted octanol–water partition coefficient (Wildman–Crippen LogP) is 1.45. The highest BCUT2D eigenvalue weighted by Gasteiger charge is 2.23. The van der Waals surface area contributed by atoms with E-state index in [1.807, 2.05) is 0 Å². The molecule has 0 saturated carbocycles. The fourth-order valence-corrected chi connectivity index (χ4v) is 2.03. The predicted molar refractivity (Wildman–Crippen MR) is 57.6 cm³/mol. The summed E-state index contributed by atoms with van der Waals surface area (Å²) in [7, 11) is 2.22. The van der Waals surface area contributed by atoms with Gasteiger partial charge in [-0.2, -0.15) is 0 Å². The van der Waals surface area contributed by atoms with E-state index in [-0.39, 0.29) is 0 Å². The van der Waals surface area contributed by atoms with Crippen molar-refractivity contribution in [2.75, 3.05) is 33.2 Å². The monoisotopic (exact) mass is 183 g/mol. The van der Waals surface area contributed by atoms with Crippen molar-refractivity contribution >= 4 is 5.71 Å². The molecule has 2 heteroatoms. The van der Waals surface area contributed by atoms with E-state index in [1.54, 1.807) is 5.71 Å². The SMILES string of the molecule is CCC1CN(CC)CC[N+](C)=C1C. The Balaban J connectivity index is 2.71. The molecule has 0 bridgehead atoms. The third kappa shape index (κ3) is 2.53. The summed E-state index contributed by atoms with van der Waals surface area (Å²) in [6, 6.07) is 0. The number of rotatable bonds is 2. The summed E-state index contributed by atoms with van der Waals surface area (Å²) in [4.78, 5) is 2.56. The first-order chi connectivity index (χ1) is 6.19. The summed E-state index contributed by atoms with van der Waals surface area (Å²) in [6.45, 7) is 11.7. The highest BCUT2D eigenvalue weighted by atomic mass is 15.2. The lowest BCUT2D eigenvalue weighted by molar-refractivity contribution is -0.498. The minimum absolute atomic E-state index is 0.771. The van der Waals surface area contributed by atoms with Gasteiger partial charge in [-0.15, -0.1) is 0 Å². The topological polar surface area (TPSA) is 6.25 Å². The first-order valence-corrected chi connectivity index (χ1v) is 5.46. The Hall–Kier alpha value is -0.370. The van der Waals surface area contributed by atoms with Crippen molar-refractivity contribution in [2.45, 2.75) is 27.2 Å². The van der Waals surface area contributed by atoms with Crippen LogP contribution in [0.5, 0.6) is 0 Å². The van der Waals surface area contributed by atoms with Gasteiger partial charge < -0.3 is 0 Å². The molecule has 13 heavy (non-hydrogen) atoms. The van der Waals surface area contributed by atoms with Gasteiger partial charge in [0.05, 0.1) is 12.5 Å². The second-order valence-electron chi connectivity index (χ2n) is 4.06. The summed E-state index contributed by atoms with van der Waals surface area (Å²) >= 11 is 0. The van der Waals surface area contributed by atoms with Gasteiger partial charge in [-0.05, 0) is 13.0 Å². The van der Waals surface area contributed by atoms with Crippen LogP contribution in [0.3, 0.4) is 0 Å². The van der Waals surface area contributed by atoms with E-state index in [1.165, 1.54) is 32.6 Å². The molecule has 76 valence electrons. The second kappa shape index (κ2) is 4.75. The summed E-state index contributed by atoms with van der Waals surface area (Å²) < 4.78 is 2.42. The molecule has 0 aromatic carbocycles. The summed E-state index contributed by atoms with van der Waals surface area (Å²) in [5, 5.41) is 0. The van der Waals surface area contributed by atoms with Gasteiger partial charge in [0, 0.05) is 13.5 Å². The highest BCUT2D eigenvalue weighted by molar-refractivity contribution is 5.79. The van der Waals surface area contributed by atoms with Gasteiger partial charge >= 0.3 is 0 Å².